The molecular formula is C7H12. The molecule has 0 nitrogen and oxygen atoms in total. The van der Waals surface area contributed by atoms with Crippen molar-refractivity contribution in [2.45, 2.75) is 33.1 Å². The lowest BCUT2D eigenvalue weighted by Gasteiger charge is -1.94. The average molecular weight is 96.2 g/mol. The van der Waals surface area contributed by atoms with E-state index in [1.807, 2.05) is 0 Å². The van der Waals surface area contributed by atoms with Crippen molar-refractivity contribution in [3.8, 4) is 0 Å². The second-order valence-electron chi connectivity index (χ2n) is 3.84. The summed E-state index contributed by atoms with van der Waals surface area (Å²) in [5.41, 5.74) is 1.65. The van der Waals surface area contributed by atoms with Crippen LogP contribution >= 0.6 is 0 Å². The highest BCUT2D eigenvalue weighted by atomic mass is 14.7. The first kappa shape index (κ1) is 3.94. The Morgan fingerprint density at radius 1 is 1.14 bits per heavy atom. The van der Waals surface area contributed by atoms with Crippen LogP contribution in [0.15, 0.2) is 0 Å². The van der Waals surface area contributed by atoms with Crippen molar-refractivity contribution in [1.29, 1.82) is 0 Å². The van der Waals surface area contributed by atoms with Crippen molar-refractivity contribution in [3.63, 3.8) is 0 Å². The Balaban J connectivity index is 2.22. The van der Waals surface area contributed by atoms with Crippen LogP contribution in [0.1, 0.15) is 33.1 Å². The van der Waals surface area contributed by atoms with Gasteiger partial charge in [-0.05, 0) is 30.1 Å². The zero-order valence-corrected chi connectivity index (χ0v) is 5.12. The predicted octanol–water partition coefficient (Wildman–Crippen LogP) is 2.20. The molecule has 0 heteroatoms. The van der Waals surface area contributed by atoms with Gasteiger partial charge in [0.05, 0.1) is 0 Å². The van der Waals surface area contributed by atoms with E-state index < -0.39 is 0 Å². The lowest BCUT2D eigenvalue weighted by molar-refractivity contribution is 0.553. The van der Waals surface area contributed by atoms with Gasteiger partial charge < -0.3 is 0 Å². The van der Waals surface area contributed by atoms with E-state index in [-0.39, 0.29) is 0 Å². The van der Waals surface area contributed by atoms with Gasteiger partial charge in [0, 0.05) is 0 Å². The van der Waals surface area contributed by atoms with Gasteiger partial charge in [0.2, 0.25) is 0 Å². The summed E-state index contributed by atoms with van der Waals surface area (Å²) < 4.78 is 0. The van der Waals surface area contributed by atoms with Crippen LogP contribution in [0.4, 0.5) is 0 Å². The Morgan fingerprint density at radius 3 is 1.57 bits per heavy atom. The Bertz CT molecular complexity index is 105. The first-order chi connectivity index (χ1) is 3.16. The molecule has 0 aromatic rings. The van der Waals surface area contributed by atoms with Crippen LogP contribution < -0.4 is 0 Å². The molecule has 0 radical (unpaired) electrons. The molecule has 0 bridgehead atoms. The topological polar surface area (TPSA) is 0 Å². The molecule has 0 atom stereocenters. The lowest BCUT2D eigenvalue weighted by Crippen LogP contribution is -1.86. The SMILES string of the molecule is CC1(C)CC12CC2. The molecule has 0 heterocycles. The molecule has 0 aromatic carbocycles. The van der Waals surface area contributed by atoms with Crippen molar-refractivity contribution >= 4 is 0 Å². The van der Waals surface area contributed by atoms with Crippen LogP contribution in [0.25, 0.3) is 0 Å². The monoisotopic (exact) mass is 96.1 g/mol. The van der Waals surface area contributed by atoms with Crippen molar-refractivity contribution in [1.82, 2.24) is 0 Å². The van der Waals surface area contributed by atoms with E-state index in [9.17, 15) is 0 Å². The third kappa shape index (κ3) is 0.296. The normalized spacial score (nSPS) is 38.6. The Morgan fingerprint density at radius 2 is 1.57 bits per heavy atom. The number of hydrogen-bond acceptors (Lipinski definition) is 0. The average Bonchev–Trinajstić information content (AvgIpc) is 2.22. The summed E-state index contributed by atoms with van der Waals surface area (Å²) in [6.07, 6.45) is 4.57. The molecular weight excluding hydrogens is 84.1 g/mol. The lowest BCUT2D eigenvalue weighted by atomic mass is 10.1. The molecule has 40 valence electrons. The van der Waals surface area contributed by atoms with Crippen LogP contribution in [0.3, 0.4) is 0 Å². The smallest absolute Gasteiger partial charge is 0.0240 e. The molecule has 2 aliphatic rings. The molecule has 2 saturated carbocycles. The van der Waals surface area contributed by atoms with Crippen LogP contribution in [-0.2, 0) is 0 Å². The highest BCUT2D eigenvalue weighted by molar-refractivity contribution is 5.18. The Labute approximate surface area is 44.9 Å². The minimum atomic E-state index is 0.757. The maximum atomic E-state index is 2.39. The second kappa shape index (κ2) is 0.667. The summed E-state index contributed by atoms with van der Waals surface area (Å²) in [7, 11) is 0. The van der Waals surface area contributed by atoms with Crippen molar-refractivity contribution in [2.24, 2.45) is 10.8 Å². The summed E-state index contributed by atoms with van der Waals surface area (Å²) in [4.78, 5) is 0. The van der Waals surface area contributed by atoms with Gasteiger partial charge in [0.15, 0.2) is 0 Å². The second-order valence-corrected chi connectivity index (χ2v) is 3.84. The third-order valence-corrected chi connectivity index (χ3v) is 2.94. The third-order valence-electron chi connectivity index (χ3n) is 2.94. The van der Waals surface area contributed by atoms with Crippen LogP contribution in [0.2, 0.25) is 0 Å². The van der Waals surface area contributed by atoms with Gasteiger partial charge in [0.1, 0.15) is 0 Å². The summed E-state index contributed by atoms with van der Waals surface area (Å²) in [5, 5.41) is 0. The van der Waals surface area contributed by atoms with E-state index in [0.29, 0.717) is 0 Å². The molecule has 0 unspecified atom stereocenters. The van der Waals surface area contributed by atoms with Gasteiger partial charge in [0.25, 0.3) is 0 Å². The number of hydrogen-bond donors (Lipinski definition) is 0. The van der Waals surface area contributed by atoms with Gasteiger partial charge in [-0.2, -0.15) is 0 Å². The molecule has 7 heavy (non-hydrogen) atoms. The van der Waals surface area contributed by atoms with Gasteiger partial charge in [-0.3, -0.25) is 0 Å². The van der Waals surface area contributed by atoms with Crippen LogP contribution in [0, 0.1) is 10.8 Å². The highest BCUT2D eigenvalue weighted by Crippen LogP contribution is 2.78. The molecule has 0 saturated heterocycles. The summed E-state index contributed by atoms with van der Waals surface area (Å²) in [5.74, 6) is 0. The van der Waals surface area contributed by atoms with Crippen LogP contribution in [-0.4, -0.2) is 0 Å². The van der Waals surface area contributed by atoms with E-state index in [0.717, 1.165) is 10.8 Å². The van der Waals surface area contributed by atoms with E-state index in [4.69, 9.17) is 0 Å². The molecule has 0 N–H and O–H groups in total. The molecule has 0 aliphatic heterocycles. The first-order valence-electron chi connectivity index (χ1n) is 3.16. The zero-order valence-electron chi connectivity index (χ0n) is 5.12. The van der Waals surface area contributed by atoms with E-state index in [1.54, 1.807) is 0 Å². The standard InChI is InChI=1S/C7H12/c1-6(2)5-7(6)3-4-7/h3-5H2,1-2H3. The van der Waals surface area contributed by atoms with Gasteiger partial charge in [-0.1, -0.05) is 13.8 Å². The van der Waals surface area contributed by atoms with E-state index in [1.165, 1.54) is 19.3 Å². The maximum absolute atomic E-state index is 2.39. The van der Waals surface area contributed by atoms with E-state index >= 15 is 0 Å². The van der Waals surface area contributed by atoms with Crippen molar-refractivity contribution < 1.29 is 0 Å². The summed E-state index contributed by atoms with van der Waals surface area (Å²) in [6.45, 7) is 4.78. The number of rotatable bonds is 0. The zero-order chi connectivity index (χ0) is 5.12. The van der Waals surface area contributed by atoms with Crippen molar-refractivity contribution in [2.75, 3.05) is 0 Å². The molecule has 2 fully saturated rings. The summed E-state index contributed by atoms with van der Waals surface area (Å²) in [6, 6.07) is 0. The quantitative estimate of drug-likeness (QED) is 0.433. The fourth-order valence-electron chi connectivity index (χ4n) is 1.81. The largest absolute Gasteiger partial charge is 0.0594 e. The Hall–Kier alpha value is 0. The molecule has 0 amide bonds. The Kier molecular flexibility index (Phi) is 0.375. The fourth-order valence-corrected chi connectivity index (χ4v) is 1.81. The molecule has 2 aliphatic carbocycles. The molecule has 2 rings (SSSR count). The first-order valence-corrected chi connectivity index (χ1v) is 3.16. The highest BCUT2D eigenvalue weighted by Gasteiger charge is 2.68. The van der Waals surface area contributed by atoms with Gasteiger partial charge in [-0.15, -0.1) is 0 Å². The van der Waals surface area contributed by atoms with Crippen molar-refractivity contribution in [3.05, 3.63) is 0 Å². The maximum Gasteiger partial charge on any atom is -0.0240 e. The van der Waals surface area contributed by atoms with E-state index in [2.05, 4.69) is 13.8 Å². The van der Waals surface area contributed by atoms with Crippen LogP contribution in [0.5, 0.6) is 0 Å². The minimum Gasteiger partial charge on any atom is -0.0594 e. The minimum absolute atomic E-state index is 0.757. The predicted molar refractivity (Wildman–Crippen MR) is 30.1 cm³/mol. The molecule has 1 spiro atoms. The molecule has 0 aromatic heterocycles. The summed E-state index contributed by atoms with van der Waals surface area (Å²) >= 11 is 0. The van der Waals surface area contributed by atoms with Gasteiger partial charge >= 0.3 is 0 Å². The van der Waals surface area contributed by atoms with Gasteiger partial charge in [-0.25, -0.2) is 0 Å². The fraction of sp³-hybridized carbons (Fsp3) is 1.00.